The third-order valence-electron chi connectivity index (χ3n) is 4.85. The van der Waals surface area contributed by atoms with E-state index >= 15 is 0 Å². The van der Waals surface area contributed by atoms with E-state index in [4.69, 9.17) is 0 Å². The molecular weight excluding hydrogens is 260 g/mol. The fourth-order valence-corrected chi connectivity index (χ4v) is 3.35. The number of likely N-dealkylation sites (tertiary alicyclic amines) is 1. The average molecular weight is 288 g/mol. The molecular formula is C18H28N2O. The summed E-state index contributed by atoms with van der Waals surface area (Å²) in [4.78, 5) is 16.6. The Bertz CT molecular complexity index is 448. The normalized spacial score (nSPS) is 18.0. The van der Waals surface area contributed by atoms with Crippen molar-refractivity contribution in [3.05, 3.63) is 35.9 Å². The van der Waals surface area contributed by atoms with E-state index in [9.17, 15) is 4.79 Å². The molecule has 1 amide bonds. The highest BCUT2D eigenvalue weighted by Gasteiger charge is 2.38. The number of hydrogen-bond donors (Lipinski definition) is 0. The molecule has 0 aromatic heterocycles. The van der Waals surface area contributed by atoms with Crippen LogP contribution in [0.4, 0.5) is 0 Å². The Balaban J connectivity index is 2.07. The van der Waals surface area contributed by atoms with Crippen molar-refractivity contribution in [1.29, 1.82) is 0 Å². The van der Waals surface area contributed by atoms with Gasteiger partial charge in [0.1, 0.15) is 0 Å². The summed E-state index contributed by atoms with van der Waals surface area (Å²) in [7, 11) is 4.31. The van der Waals surface area contributed by atoms with Crippen LogP contribution >= 0.6 is 0 Å². The van der Waals surface area contributed by atoms with Gasteiger partial charge < -0.3 is 4.90 Å². The minimum Gasteiger partial charge on any atom is -0.343 e. The Morgan fingerprint density at radius 1 is 1.19 bits per heavy atom. The van der Waals surface area contributed by atoms with Crippen LogP contribution in [0.15, 0.2) is 30.3 Å². The molecule has 0 bridgehead atoms. The van der Waals surface area contributed by atoms with Gasteiger partial charge in [0.15, 0.2) is 0 Å². The van der Waals surface area contributed by atoms with Crippen LogP contribution in [0.1, 0.15) is 44.6 Å². The van der Waals surface area contributed by atoms with Crippen LogP contribution in [0.3, 0.4) is 0 Å². The molecule has 1 fully saturated rings. The predicted molar refractivity (Wildman–Crippen MR) is 87.1 cm³/mol. The monoisotopic (exact) mass is 288 g/mol. The van der Waals surface area contributed by atoms with Gasteiger partial charge in [0, 0.05) is 25.0 Å². The lowest BCUT2D eigenvalue weighted by atomic mass is 9.79. The van der Waals surface area contributed by atoms with E-state index in [1.807, 2.05) is 0 Å². The topological polar surface area (TPSA) is 23.6 Å². The second-order valence-corrected chi connectivity index (χ2v) is 6.28. The summed E-state index contributed by atoms with van der Waals surface area (Å²) in [5.74, 6) is 0.331. The minimum absolute atomic E-state index is 0.0722. The first kappa shape index (κ1) is 16.0. The third kappa shape index (κ3) is 3.46. The van der Waals surface area contributed by atoms with E-state index in [2.05, 4.69) is 61.2 Å². The van der Waals surface area contributed by atoms with Gasteiger partial charge in [0.05, 0.1) is 0 Å². The van der Waals surface area contributed by atoms with Crippen molar-refractivity contribution >= 4 is 5.91 Å². The number of rotatable bonds is 5. The maximum Gasteiger partial charge on any atom is 0.222 e. The van der Waals surface area contributed by atoms with E-state index in [1.165, 1.54) is 5.56 Å². The summed E-state index contributed by atoms with van der Waals surface area (Å²) in [6, 6.07) is 10.7. The quantitative estimate of drug-likeness (QED) is 0.830. The molecule has 1 aliphatic heterocycles. The van der Waals surface area contributed by atoms with E-state index in [0.717, 1.165) is 38.8 Å². The highest BCUT2D eigenvalue weighted by atomic mass is 16.2. The fourth-order valence-electron chi connectivity index (χ4n) is 3.35. The van der Waals surface area contributed by atoms with Crippen molar-refractivity contribution in [2.75, 3.05) is 27.2 Å². The molecule has 3 heteroatoms. The van der Waals surface area contributed by atoms with Gasteiger partial charge in [-0.2, -0.15) is 0 Å². The number of carbonyl (C=O) groups is 1. The van der Waals surface area contributed by atoms with Gasteiger partial charge in [-0.25, -0.2) is 0 Å². The van der Waals surface area contributed by atoms with Crippen molar-refractivity contribution in [2.24, 2.45) is 0 Å². The molecule has 0 atom stereocenters. The Labute approximate surface area is 128 Å². The smallest absolute Gasteiger partial charge is 0.222 e. The van der Waals surface area contributed by atoms with Gasteiger partial charge >= 0.3 is 0 Å². The molecule has 1 saturated heterocycles. The van der Waals surface area contributed by atoms with E-state index in [-0.39, 0.29) is 5.54 Å². The van der Waals surface area contributed by atoms with Gasteiger partial charge in [0.25, 0.3) is 0 Å². The van der Waals surface area contributed by atoms with Crippen LogP contribution in [0.5, 0.6) is 0 Å². The summed E-state index contributed by atoms with van der Waals surface area (Å²) >= 11 is 0. The summed E-state index contributed by atoms with van der Waals surface area (Å²) in [5.41, 5.74) is 1.44. The molecule has 1 aromatic carbocycles. The van der Waals surface area contributed by atoms with E-state index in [0.29, 0.717) is 12.3 Å². The van der Waals surface area contributed by atoms with Crippen LogP contribution in [0.25, 0.3) is 0 Å². The van der Waals surface area contributed by atoms with Crippen LogP contribution < -0.4 is 0 Å². The van der Waals surface area contributed by atoms with E-state index < -0.39 is 0 Å². The van der Waals surface area contributed by atoms with Crippen molar-refractivity contribution in [3.63, 3.8) is 0 Å². The van der Waals surface area contributed by atoms with Crippen molar-refractivity contribution in [3.8, 4) is 0 Å². The van der Waals surface area contributed by atoms with Gasteiger partial charge in [-0.05, 0) is 38.9 Å². The Morgan fingerprint density at radius 2 is 1.81 bits per heavy atom. The number of carbonyl (C=O) groups excluding carboxylic acids is 1. The number of benzene rings is 1. The SMILES string of the molecule is CCCCC(=O)N1CCC(c2ccccc2)(N(C)C)CC1. The first-order valence-electron chi connectivity index (χ1n) is 8.11. The van der Waals surface area contributed by atoms with Gasteiger partial charge in [-0.3, -0.25) is 9.69 Å². The minimum atomic E-state index is 0.0722. The van der Waals surface area contributed by atoms with Gasteiger partial charge in [-0.1, -0.05) is 43.7 Å². The lowest BCUT2D eigenvalue weighted by Gasteiger charge is -2.46. The number of nitrogens with zero attached hydrogens (tertiary/aromatic N) is 2. The van der Waals surface area contributed by atoms with Crippen LogP contribution in [-0.2, 0) is 10.3 Å². The highest BCUT2D eigenvalue weighted by molar-refractivity contribution is 5.76. The molecule has 1 heterocycles. The summed E-state index contributed by atoms with van der Waals surface area (Å²) in [6.45, 7) is 3.88. The molecule has 116 valence electrons. The van der Waals surface area contributed by atoms with Crippen LogP contribution in [0, 0.1) is 0 Å². The average Bonchev–Trinajstić information content (AvgIpc) is 2.53. The molecule has 0 radical (unpaired) electrons. The zero-order valence-corrected chi connectivity index (χ0v) is 13.6. The lowest BCUT2D eigenvalue weighted by molar-refractivity contribution is -0.134. The molecule has 0 saturated carbocycles. The molecule has 1 aliphatic rings. The summed E-state index contributed by atoms with van der Waals surface area (Å²) in [6.07, 6.45) is 4.83. The maximum absolute atomic E-state index is 12.2. The Kier molecular flexibility index (Phi) is 5.40. The highest BCUT2D eigenvalue weighted by Crippen LogP contribution is 2.37. The van der Waals surface area contributed by atoms with Gasteiger partial charge in [0.2, 0.25) is 5.91 Å². The molecule has 21 heavy (non-hydrogen) atoms. The van der Waals surface area contributed by atoms with Crippen LogP contribution in [-0.4, -0.2) is 42.9 Å². The van der Waals surface area contributed by atoms with Crippen molar-refractivity contribution in [1.82, 2.24) is 9.80 Å². The molecule has 2 rings (SSSR count). The Morgan fingerprint density at radius 3 is 2.33 bits per heavy atom. The molecule has 1 aromatic rings. The third-order valence-corrected chi connectivity index (χ3v) is 4.85. The van der Waals surface area contributed by atoms with E-state index in [1.54, 1.807) is 0 Å². The summed E-state index contributed by atoms with van der Waals surface area (Å²) < 4.78 is 0. The fraction of sp³-hybridized carbons (Fsp3) is 0.611. The number of piperidine rings is 1. The molecule has 0 spiro atoms. The first-order valence-corrected chi connectivity index (χ1v) is 8.11. The first-order chi connectivity index (χ1) is 10.1. The number of unbranched alkanes of at least 4 members (excludes halogenated alkanes) is 1. The largest absolute Gasteiger partial charge is 0.343 e. The van der Waals surface area contributed by atoms with Crippen molar-refractivity contribution < 1.29 is 4.79 Å². The number of amides is 1. The Hall–Kier alpha value is -1.35. The standard InChI is InChI=1S/C18H28N2O/c1-4-5-11-17(21)20-14-12-18(13-15-20,19(2)3)16-9-7-6-8-10-16/h6-10H,4-5,11-15H2,1-3H3. The molecule has 3 nitrogen and oxygen atoms in total. The second kappa shape index (κ2) is 7.08. The van der Waals surface area contributed by atoms with Crippen molar-refractivity contribution in [2.45, 2.75) is 44.6 Å². The summed E-state index contributed by atoms with van der Waals surface area (Å²) in [5, 5.41) is 0. The van der Waals surface area contributed by atoms with Gasteiger partial charge in [-0.15, -0.1) is 0 Å². The number of hydrogen-bond acceptors (Lipinski definition) is 2. The zero-order valence-electron chi connectivity index (χ0n) is 13.6. The zero-order chi connectivity index (χ0) is 15.3. The molecule has 0 aliphatic carbocycles. The molecule has 0 N–H and O–H groups in total. The van der Waals surface area contributed by atoms with Crippen LogP contribution in [0.2, 0.25) is 0 Å². The molecule has 0 unspecified atom stereocenters. The lowest BCUT2D eigenvalue weighted by Crippen LogP contribution is -2.51. The predicted octanol–water partition coefficient (Wildman–Crippen LogP) is 3.26. The maximum atomic E-state index is 12.2. The second-order valence-electron chi connectivity index (χ2n) is 6.28.